The summed E-state index contributed by atoms with van der Waals surface area (Å²) in [6, 6.07) is 27.1. The minimum absolute atomic E-state index is 0.0408. The topological polar surface area (TPSA) is 23.8 Å². The van der Waals surface area contributed by atoms with Gasteiger partial charge in [-0.05, 0) is 78.1 Å². The van der Waals surface area contributed by atoms with Crippen molar-refractivity contribution in [3.8, 4) is 40.9 Å². The van der Waals surface area contributed by atoms with Crippen molar-refractivity contribution in [2.24, 2.45) is 0 Å². The zero-order valence-corrected chi connectivity index (χ0v) is 20.6. The van der Waals surface area contributed by atoms with Crippen LogP contribution in [0.25, 0.3) is 11.1 Å². The van der Waals surface area contributed by atoms with E-state index >= 15 is 0 Å². The first-order valence-electron chi connectivity index (χ1n) is 12.3. The second-order valence-electron chi connectivity index (χ2n) is 8.73. The van der Waals surface area contributed by atoms with Crippen molar-refractivity contribution in [3.05, 3.63) is 130 Å². The van der Waals surface area contributed by atoms with Crippen LogP contribution in [0.1, 0.15) is 59.6 Å². The van der Waals surface area contributed by atoms with Gasteiger partial charge in [0.2, 0.25) is 0 Å². The van der Waals surface area contributed by atoms with Gasteiger partial charge in [0.05, 0.1) is 11.1 Å². The summed E-state index contributed by atoms with van der Waals surface area (Å²) < 4.78 is 28.3. The fraction of sp³-hybridized carbons (Fsp3) is 0.147. The molecule has 4 aromatic carbocycles. The quantitative estimate of drug-likeness (QED) is 0.207. The van der Waals surface area contributed by atoms with E-state index in [0.29, 0.717) is 11.1 Å². The van der Waals surface area contributed by atoms with Crippen LogP contribution in [-0.2, 0) is 6.42 Å². The van der Waals surface area contributed by atoms with Crippen LogP contribution in [0, 0.1) is 46.6 Å². The Balaban J connectivity index is 1.42. The molecular formula is C34H25F2N. The van der Waals surface area contributed by atoms with Crippen molar-refractivity contribution in [3.63, 3.8) is 0 Å². The maximum absolute atomic E-state index is 14.6. The van der Waals surface area contributed by atoms with Crippen molar-refractivity contribution in [2.75, 3.05) is 0 Å². The minimum Gasteiger partial charge on any atom is -0.206 e. The van der Waals surface area contributed by atoms with Crippen LogP contribution < -0.4 is 0 Å². The Morgan fingerprint density at radius 3 is 1.65 bits per heavy atom. The fourth-order valence-electron chi connectivity index (χ4n) is 3.85. The van der Waals surface area contributed by atoms with Gasteiger partial charge < -0.3 is 0 Å². The first kappa shape index (κ1) is 25.4. The van der Waals surface area contributed by atoms with Gasteiger partial charge in [-0.15, -0.1) is 0 Å². The first-order chi connectivity index (χ1) is 18.1. The number of halogens is 2. The van der Waals surface area contributed by atoms with Crippen molar-refractivity contribution in [2.45, 2.75) is 32.6 Å². The Morgan fingerprint density at radius 2 is 1.11 bits per heavy atom. The molecule has 0 N–H and O–H groups in total. The van der Waals surface area contributed by atoms with Crippen LogP contribution in [0.3, 0.4) is 0 Å². The fourth-order valence-corrected chi connectivity index (χ4v) is 3.85. The molecule has 1 nitrogen and oxygen atoms in total. The lowest BCUT2D eigenvalue weighted by atomic mass is 10.0. The molecule has 0 aliphatic carbocycles. The van der Waals surface area contributed by atoms with Gasteiger partial charge in [0.15, 0.2) is 0 Å². The minimum atomic E-state index is -0.630. The molecule has 4 rings (SSSR count). The summed E-state index contributed by atoms with van der Waals surface area (Å²) >= 11 is 0. The Labute approximate surface area is 217 Å². The number of hydrogen-bond acceptors (Lipinski definition) is 1. The van der Waals surface area contributed by atoms with Crippen molar-refractivity contribution >= 4 is 0 Å². The third kappa shape index (κ3) is 6.95. The van der Waals surface area contributed by atoms with Gasteiger partial charge in [-0.1, -0.05) is 79.8 Å². The molecule has 0 aromatic heterocycles. The molecule has 3 heteroatoms. The number of aryl methyl sites for hydroxylation is 1. The number of nitriles is 1. The molecule has 0 spiro atoms. The molecule has 0 bridgehead atoms. The third-order valence-corrected chi connectivity index (χ3v) is 5.99. The number of rotatable bonds is 5. The molecule has 4 aromatic rings. The van der Waals surface area contributed by atoms with Crippen molar-refractivity contribution in [1.29, 1.82) is 5.26 Å². The van der Waals surface area contributed by atoms with Crippen LogP contribution in [-0.4, -0.2) is 0 Å². The van der Waals surface area contributed by atoms with Crippen LogP contribution in [0.15, 0.2) is 84.9 Å². The molecule has 37 heavy (non-hydrogen) atoms. The van der Waals surface area contributed by atoms with Gasteiger partial charge >= 0.3 is 0 Å². The van der Waals surface area contributed by atoms with E-state index in [2.05, 4.69) is 54.9 Å². The van der Waals surface area contributed by atoms with Crippen LogP contribution in [0.2, 0.25) is 0 Å². The molecule has 0 radical (unpaired) electrons. The molecule has 0 amide bonds. The van der Waals surface area contributed by atoms with Gasteiger partial charge in [-0.3, -0.25) is 0 Å². The average molecular weight is 486 g/mol. The molecule has 0 saturated heterocycles. The molecule has 0 aliphatic heterocycles. The van der Waals surface area contributed by atoms with Crippen molar-refractivity contribution in [1.82, 2.24) is 0 Å². The zero-order chi connectivity index (χ0) is 26.0. The first-order valence-corrected chi connectivity index (χ1v) is 12.3. The summed E-state index contributed by atoms with van der Waals surface area (Å²) in [5, 5.41) is 8.81. The Morgan fingerprint density at radius 1 is 0.595 bits per heavy atom. The second kappa shape index (κ2) is 12.4. The van der Waals surface area contributed by atoms with E-state index in [1.54, 1.807) is 24.3 Å². The predicted octanol–water partition coefficient (Wildman–Crippen LogP) is 8.04. The van der Waals surface area contributed by atoms with E-state index in [1.807, 2.05) is 24.3 Å². The number of nitrogens with zero attached hydrogens (tertiary/aromatic N) is 1. The molecule has 0 unspecified atom stereocenters. The summed E-state index contributed by atoms with van der Waals surface area (Å²) in [7, 11) is 0. The lowest BCUT2D eigenvalue weighted by Gasteiger charge is -2.05. The highest BCUT2D eigenvalue weighted by atomic mass is 19.1. The Bertz CT molecular complexity index is 1550. The third-order valence-electron chi connectivity index (χ3n) is 5.99. The lowest BCUT2D eigenvalue weighted by Crippen LogP contribution is -1.87. The van der Waals surface area contributed by atoms with Gasteiger partial charge in [0, 0.05) is 16.7 Å². The maximum Gasteiger partial charge on any atom is 0.142 e. The van der Waals surface area contributed by atoms with E-state index in [-0.39, 0.29) is 11.1 Å². The number of benzene rings is 4. The van der Waals surface area contributed by atoms with E-state index in [1.165, 1.54) is 43.0 Å². The normalized spacial score (nSPS) is 10.0. The lowest BCUT2D eigenvalue weighted by molar-refractivity contribution is 0.623. The van der Waals surface area contributed by atoms with Crippen LogP contribution in [0.5, 0.6) is 0 Å². The summed E-state index contributed by atoms with van der Waals surface area (Å²) in [5.74, 6) is 10.4. The molecule has 0 aliphatic rings. The second-order valence-corrected chi connectivity index (χ2v) is 8.73. The number of hydrogen-bond donors (Lipinski definition) is 0. The Kier molecular flexibility index (Phi) is 8.49. The van der Waals surface area contributed by atoms with Gasteiger partial charge in [0.25, 0.3) is 0 Å². The van der Waals surface area contributed by atoms with E-state index in [0.717, 1.165) is 23.1 Å². The van der Waals surface area contributed by atoms with Gasteiger partial charge in [0.1, 0.15) is 17.7 Å². The SMILES string of the molecule is CCCCCc1ccc(-c2ccc(C#Cc3ccc(C#Cc4ccc(C#N)c(F)c4)cc3F)cc2)cc1. The smallest absolute Gasteiger partial charge is 0.142 e. The highest BCUT2D eigenvalue weighted by Gasteiger charge is 2.03. The maximum atomic E-state index is 14.6. The summed E-state index contributed by atoms with van der Waals surface area (Å²) in [4.78, 5) is 0. The molecule has 0 saturated carbocycles. The van der Waals surface area contributed by atoms with E-state index in [9.17, 15) is 8.78 Å². The highest BCUT2D eigenvalue weighted by molar-refractivity contribution is 5.65. The van der Waals surface area contributed by atoms with Crippen LogP contribution >= 0.6 is 0 Å². The van der Waals surface area contributed by atoms with Crippen molar-refractivity contribution < 1.29 is 8.78 Å². The van der Waals surface area contributed by atoms with Gasteiger partial charge in [-0.25, -0.2) is 8.78 Å². The summed E-state index contributed by atoms with van der Waals surface area (Å²) in [5.41, 5.74) is 5.53. The zero-order valence-electron chi connectivity index (χ0n) is 20.6. The van der Waals surface area contributed by atoms with Gasteiger partial charge in [-0.2, -0.15) is 5.26 Å². The van der Waals surface area contributed by atoms with E-state index in [4.69, 9.17) is 5.26 Å². The molecule has 180 valence electrons. The average Bonchev–Trinajstić information content (AvgIpc) is 2.92. The highest BCUT2D eigenvalue weighted by Crippen LogP contribution is 2.21. The molecule has 0 heterocycles. The predicted molar refractivity (Wildman–Crippen MR) is 145 cm³/mol. The molecule has 0 fully saturated rings. The Hall–Kier alpha value is -4.65. The standard InChI is InChI=1S/C34H25F2N/c1-2-3-4-5-25-8-15-29(16-9-25)30-17-10-26(11-18-30)12-19-31-20-13-27(22-33(31)35)6-7-28-14-21-32(24-37)34(36)23-28/h8-11,13-18,20-23H,2-5H2,1H3. The van der Waals surface area contributed by atoms with E-state index < -0.39 is 11.6 Å². The molecule has 0 atom stereocenters. The summed E-state index contributed by atoms with van der Waals surface area (Å²) in [6.07, 6.45) is 4.82. The summed E-state index contributed by atoms with van der Waals surface area (Å²) in [6.45, 7) is 2.21. The number of unbranched alkanes of at least 4 members (excludes halogenated alkanes) is 2. The largest absolute Gasteiger partial charge is 0.206 e. The van der Waals surface area contributed by atoms with Crippen LogP contribution in [0.4, 0.5) is 8.78 Å². The monoisotopic (exact) mass is 485 g/mol. The molecular weight excluding hydrogens is 460 g/mol.